The Morgan fingerprint density at radius 1 is 0.404 bits per heavy atom. The van der Waals surface area contributed by atoms with Crippen molar-refractivity contribution in [2.75, 3.05) is 4.90 Å². The van der Waals surface area contributed by atoms with E-state index in [1.54, 1.807) is 0 Å². The summed E-state index contributed by atoms with van der Waals surface area (Å²) in [6.45, 7) is 0. The molecule has 0 unspecified atom stereocenters. The molecule has 3 heteroatoms. The Morgan fingerprint density at radius 2 is 1.02 bits per heavy atom. The number of hydrogen-bond donors (Lipinski definition) is 0. The average molecular weight is 601 g/mol. The number of nitrogens with zero attached hydrogens (tertiary/aromatic N) is 2. The van der Waals surface area contributed by atoms with Crippen LogP contribution in [0.25, 0.3) is 71.3 Å². The minimum absolute atomic E-state index is 0.874. The van der Waals surface area contributed by atoms with E-state index < -0.39 is 0 Å². The first-order valence-corrected chi connectivity index (χ1v) is 16.0. The van der Waals surface area contributed by atoms with Crippen molar-refractivity contribution in [2.45, 2.75) is 0 Å². The Kier molecular flexibility index (Phi) is 5.57. The first-order chi connectivity index (χ1) is 23.3. The molecule has 8 aromatic carbocycles. The fourth-order valence-corrected chi connectivity index (χ4v) is 7.40. The Morgan fingerprint density at radius 3 is 1.79 bits per heavy atom. The summed E-state index contributed by atoms with van der Waals surface area (Å²) in [4.78, 5) is 2.33. The van der Waals surface area contributed by atoms with E-state index >= 15 is 0 Å². The SMILES string of the molecule is c1ccc(-c2ccc(N(c3cccc(-n4c5cccc6ccc7cccc4c7c65)c3)c3ccc4c(c3)oc3ccccc34)cc2)cc1. The standard InChI is InChI=1S/C44H28N2O/c1-2-9-29(10-3-1)30-21-23-33(24-22-30)45(36-25-26-38-37-15-4-5-18-41(37)47-42(38)28-36)34-13-8-14-35(27-34)46-39-16-6-11-31-19-20-32-12-7-17-40(46)44(32)43(31)39/h1-28H. The Bertz CT molecular complexity index is 2670. The van der Waals surface area contributed by atoms with Crippen molar-refractivity contribution in [1.82, 2.24) is 4.57 Å². The maximum Gasteiger partial charge on any atom is 0.137 e. The zero-order valence-corrected chi connectivity index (χ0v) is 25.5. The summed E-state index contributed by atoms with van der Waals surface area (Å²) < 4.78 is 8.77. The first kappa shape index (κ1) is 26.0. The molecule has 10 aromatic rings. The van der Waals surface area contributed by atoms with Crippen LogP contribution in [0.4, 0.5) is 17.1 Å². The van der Waals surface area contributed by atoms with Crippen LogP contribution >= 0.6 is 0 Å². The van der Waals surface area contributed by atoms with Gasteiger partial charge in [0.25, 0.3) is 0 Å². The van der Waals surface area contributed by atoms with E-state index in [-0.39, 0.29) is 0 Å². The van der Waals surface area contributed by atoms with Gasteiger partial charge in [0.05, 0.1) is 11.0 Å². The third-order valence-electron chi connectivity index (χ3n) is 9.52. The summed E-state index contributed by atoms with van der Waals surface area (Å²) in [5.41, 5.74) is 10.9. The van der Waals surface area contributed by atoms with Crippen LogP contribution in [0.15, 0.2) is 174 Å². The number of furan rings is 1. The molecule has 0 amide bonds. The van der Waals surface area contributed by atoms with Gasteiger partial charge >= 0.3 is 0 Å². The fraction of sp³-hybridized carbons (Fsp3) is 0. The second-order valence-corrected chi connectivity index (χ2v) is 12.2. The monoisotopic (exact) mass is 600 g/mol. The average Bonchev–Trinajstić information content (AvgIpc) is 3.68. The van der Waals surface area contributed by atoms with E-state index in [1.807, 2.05) is 12.1 Å². The van der Waals surface area contributed by atoms with Crippen molar-refractivity contribution in [3.8, 4) is 16.8 Å². The second-order valence-electron chi connectivity index (χ2n) is 12.2. The number of para-hydroxylation sites is 1. The van der Waals surface area contributed by atoms with Crippen LogP contribution < -0.4 is 4.90 Å². The molecule has 220 valence electrons. The van der Waals surface area contributed by atoms with Crippen LogP contribution in [0.2, 0.25) is 0 Å². The van der Waals surface area contributed by atoms with Crippen LogP contribution in [0, 0.1) is 0 Å². The zero-order chi connectivity index (χ0) is 30.9. The molecule has 2 aromatic heterocycles. The van der Waals surface area contributed by atoms with Crippen molar-refractivity contribution < 1.29 is 4.42 Å². The van der Waals surface area contributed by atoms with Gasteiger partial charge < -0.3 is 13.9 Å². The minimum Gasteiger partial charge on any atom is -0.456 e. The second kappa shape index (κ2) is 10.1. The number of aromatic nitrogens is 1. The highest BCUT2D eigenvalue weighted by Gasteiger charge is 2.19. The summed E-state index contributed by atoms with van der Waals surface area (Å²) in [5, 5.41) is 7.41. The summed E-state index contributed by atoms with van der Waals surface area (Å²) in [7, 11) is 0. The third-order valence-corrected chi connectivity index (χ3v) is 9.52. The highest BCUT2D eigenvalue weighted by molar-refractivity contribution is 6.24. The topological polar surface area (TPSA) is 21.3 Å². The molecule has 0 aliphatic carbocycles. The number of anilines is 3. The molecule has 0 N–H and O–H groups in total. The molecular formula is C44H28N2O. The van der Waals surface area contributed by atoms with E-state index in [4.69, 9.17) is 4.42 Å². The Balaban J connectivity index is 1.18. The van der Waals surface area contributed by atoms with Crippen molar-refractivity contribution in [1.29, 1.82) is 0 Å². The maximum atomic E-state index is 6.36. The lowest BCUT2D eigenvalue weighted by Crippen LogP contribution is -2.10. The highest BCUT2D eigenvalue weighted by atomic mass is 16.3. The summed E-state index contributed by atoms with van der Waals surface area (Å²) >= 11 is 0. The first-order valence-electron chi connectivity index (χ1n) is 16.0. The van der Waals surface area contributed by atoms with E-state index in [0.717, 1.165) is 44.7 Å². The molecule has 0 aliphatic rings. The molecular weight excluding hydrogens is 572 g/mol. The summed E-state index contributed by atoms with van der Waals surface area (Å²) in [5.74, 6) is 0. The van der Waals surface area contributed by atoms with E-state index in [2.05, 4.69) is 167 Å². The van der Waals surface area contributed by atoms with Crippen molar-refractivity contribution in [3.63, 3.8) is 0 Å². The van der Waals surface area contributed by atoms with Crippen LogP contribution in [0.3, 0.4) is 0 Å². The van der Waals surface area contributed by atoms with Crippen molar-refractivity contribution in [3.05, 3.63) is 170 Å². The molecule has 0 saturated carbocycles. The Labute approximate surface area is 271 Å². The van der Waals surface area contributed by atoms with Crippen LogP contribution in [-0.4, -0.2) is 4.57 Å². The largest absolute Gasteiger partial charge is 0.456 e. The fourth-order valence-electron chi connectivity index (χ4n) is 7.40. The van der Waals surface area contributed by atoms with Gasteiger partial charge in [0.2, 0.25) is 0 Å². The van der Waals surface area contributed by atoms with Gasteiger partial charge in [-0.25, -0.2) is 0 Å². The molecule has 0 saturated heterocycles. The third kappa shape index (κ3) is 4.00. The smallest absolute Gasteiger partial charge is 0.137 e. The lowest BCUT2D eigenvalue weighted by Gasteiger charge is -2.26. The van der Waals surface area contributed by atoms with Gasteiger partial charge in [-0.05, 0) is 82.6 Å². The summed E-state index contributed by atoms with van der Waals surface area (Å²) in [6, 6.07) is 60.8. The molecule has 0 aliphatic heterocycles. The van der Waals surface area contributed by atoms with Crippen LogP contribution in [0.5, 0.6) is 0 Å². The van der Waals surface area contributed by atoms with Gasteiger partial charge in [-0.2, -0.15) is 0 Å². The molecule has 0 bridgehead atoms. The van der Waals surface area contributed by atoms with Crippen LogP contribution in [-0.2, 0) is 0 Å². The number of fused-ring (bicyclic) bond motifs is 3. The van der Waals surface area contributed by atoms with Gasteiger partial charge in [-0.3, -0.25) is 0 Å². The highest BCUT2D eigenvalue weighted by Crippen LogP contribution is 2.42. The van der Waals surface area contributed by atoms with E-state index in [1.165, 1.54) is 43.7 Å². The van der Waals surface area contributed by atoms with E-state index in [0.29, 0.717) is 0 Å². The summed E-state index contributed by atoms with van der Waals surface area (Å²) in [6.07, 6.45) is 0. The molecule has 47 heavy (non-hydrogen) atoms. The zero-order valence-electron chi connectivity index (χ0n) is 25.5. The number of hydrogen-bond acceptors (Lipinski definition) is 2. The molecule has 10 rings (SSSR count). The molecule has 0 radical (unpaired) electrons. The van der Waals surface area contributed by atoms with Gasteiger partial charge in [0.1, 0.15) is 11.2 Å². The van der Waals surface area contributed by atoms with Crippen LogP contribution in [0.1, 0.15) is 0 Å². The molecule has 0 atom stereocenters. The lowest BCUT2D eigenvalue weighted by atomic mass is 10.0. The van der Waals surface area contributed by atoms with Crippen molar-refractivity contribution in [2.24, 2.45) is 0 Å². The predicted molar refractivity (Wildman–Crippen MR) is 197 cm³/mol. The molecule has 0 fully saturated rings. The van der Waals surface area contributed by atoms with Gasteiger partial charge in [0.15, 0.2) is 0 Å². The lowest BCUT2D eigenvalue weighted by molar-refractivity contribution is 0.669. The van der Waals surface area contributed by atoms with Gasteiger partial charge in [-0.15, -0.1) is 0 Å². The van der Waals surface area contributed by atoms with Gasteiger partial charge in [-0.1, -0.05) is 103 Å². The van der Waals surface area contributed by atoms with Crippen molar-refractivity contribution >= 4 is 71.6 Å². The maximum absolute atomic E-state index is 6.36. The molecule has 0 spiro atoms. The normalized spacial score (nSPS) is 11.8. The number of benzene rings is 8. The number of rotatable bonds is 5. The minimum atomic E-state index is 0.874. The molecule has 2 heterocycles. The van der Waals surface area contributed by atoms with E-state index in [9.17, 15) is 0 Å². The molecule has 3 nitrogen and oxygen atoms in total. The van der Waals surface area contributed by atoms with Gasteiger partial charge in [0, 0.05) is 50.4 Å². The quantitative estimate of drug-likeness (QED) is 0.183. The Hall–Kier alpha value is -6.32. The predicted octanol–water partition coefficient (Wildman–Crippen LogP) is 12.4.